The Morgan fingerprint density at radius 2 is 1.76 bits per heavy atom. The molecule has 0 unspecified atom stereocenters. The van der Waals surface area contributed by atoms with Gasteiger partial charge in [0.1, 0.15) is 5.69 Å². The van der Waals surface area contributed by atoms with Gasteiger partial charge in [-0.25, -0.2) is 8.42 Å². The highest BCUT2D eigenvalue weighted by Gasteiger charge is 2.21. The summed E-state index contributed by atoms with van der Waals surface area (Å²) in [5.41, 5.74) is 3.25. The molecule has 0 fully saturated rings. The van der Waals surface area contributed by atoms with Crippen molar-refractivity contribution in [2.75, 3.05) is 10.1 Å². The van der Waals surface area contributed by atoms with Crippen LogP contribution in [0.4, 0.5) is 17.1 Å². The minimum atomic E-state index is -4.05. The lowest BCUT2D eigenvalue weighted by atomic mass is 10.2. The van der Waals surface area contributed by atoms with Gasteiger partial charge in [-0.1, -0.05) is 48.0 Å². The number of benzene rings is 3. The molecular formula is C19H15ClN4O4S. The maximum absolute atomic E-state index is 12.6. The van der Waals surface area contributed by atoms with Crippen LogP contribution >= 0.6 is 11.6 Å². The number of nitro benzene ring substituents is 1. The molecule has 3 aromatic carbocycles. The number of hydrogen-bond donors (Lipinski definition) is 2. The Morgan fingerprint density at radius 3 is 2.45 bits per heavy atom. The van der Waals surface area contributed by atoms with Crippen LogP contribution in [0.5, 0.6) is 0 Å². The summed E-state index contributed by atoms with van der Waals surface area (Å²) in [5, 5.41) is 15.7. The third-order valence-electron chi connectivity index (χ3n) is 3.75. The number of nitrogens with one attached hydrogen (secondary N) is 2. The van der Waals surface area contributed by atoms with Crippen molar-refractivity contribution in [3.05, 3.63) is 93.5 Å². The van der Waals surface area contributed by atoms with Gasteiger partial charge in [0.25, 0.3) is 15.7 Å². The van der Waals surface area contributed by atoms with Crippen LogP contribution in [0.25, 0.3) is 0 Å². The first-order valence-corrected chi connectivity index (χ1v) is 10.1. The molecule has 0 amide bonds. The van der Waals surface area contributed by atoms with Crippen molar-refractivity contribution in [1.29, 1.82) is 0 Å². The summed E-state index contributed by atoms with van der Waals surface area (Å²) in [4.78, 5) is 10.5. The average molecular weight is 431 g/mol. The van der Waals surface area contributed by atoms with E-state index in [1.165, 1.54) is 30.5 Å². The molecule has 0 aromatic heterocycles. The van der Waals surface area contributed by atoms with Crippen LogP contribution in [0.2, 0.25) is 5.02 Å². The molecule has 0 saturated heterocycles. The van der Waals surface area contributed by atoms with Crippen molar-refractivity contribution in [2.45, 2.75) is 4.90 Å². The van der Waals surface area contributed by atoms with E-state index in [1.807, 2.05) is 30.3 Å². The SMILES string of the molecule is O=[N+]([O-])c1cc(S(=O)(=O)Nc2cccc(Cl)c2)ccc1N/N=C/c1ccccc1. The van der Waals surface area contributed by atoms with E-state index in [0.29, 0.717) is 5.02 Å². The zero-order valence-corrected chi connectivity index (χ0v) is 16.4. The van der Waals surface area contributed by atoms with Gasteiger partial charge in [-0.2, -0.15) is 5.10 Å². The lowest BCUT2D eigenvalue weighted by Gasteiger charge is -2.09. The predicted octanol–water partition coefficient (Wildman–Crippen LogP) is 4.50. The molecule has 0 radical (unpaired) electrons. The predicted molar refractivity (Wildman–Crippen MR) is 113 cm³/mol. The molecule has 10 heteroatoms. The van der Waals surface area contributed by atoms with Gasteiger partial charge < -0.3 is 0 Å². The number of sulfonamides is 1. The number of rotatable bonds is 7. The Kier molecular flexibility index (Phi) is 6.10. The van der Waals surface area contributed by atoms with Crippen molar-refractivity contribution in [1.82, 2.24) is 0 Å². The maximum atomic E-state index is 12.6. The molecule has 2 N–H and O–H groups in total. The molecule has 0 heterocycles. The van der Waals surface area contributed by atoms with Crippen molar-refractivity contribution in [2.24, 2.45) is 5.10 Å². The minimum absolute atomic E-state index is 0.0592. The van der Waals surface area contributed by atoms with E-state index in [9.17, 15) is 18.5 Å². The minimum Gasteiger partial charge on any atom is -0.280 e. The number of hydrogen-bond acceptors (Lipinski definition) is 6. The Hall–Kier alpha value is -3.43. The van der Waals surface area contributed by atoms with Crippen LogP contribution in [0, 0.1) is 10.1 Å². The van der Waals surface area contributed by atoms with Crippen LogP contribution in [-0.2, 0) is 10.0 Å². The number of anilines is 2. The van der Waals surface area contributed by atoms with Crippen LogP contribution in [-0.4, -0.2) is 19.6 Å². The highest BCUT2D eigenvalue weighted by atomic mass is 35.5. The second-order valence-corrected chi connectivity index (χ2v) is 7.95. The highest BCUT2D eigenvalue weighted by molar-refractivity contribution is 7.92. The summed E-state index contributed by atoms with van der Waals surface area (Å²) in [5.74, 6) is 0. The Labute approximate surface area is 172 Å². The first-order valence-electron chi connectivity index (χ1n) is 8.26. The quantitative estimate of drug-likeness (QED) is 0.325. The summed E-state index contributed by atoms with van der Waals surface area (Å²) >= 11 is 5.85. The largest absolute Gasteiger partial charge is 0.295 e. The number of hydrazone groups is 1. The van der Waals surface area contributed by atoms with Crippen LogP contribution in [0.3, 0.4) is 0 Å². The van der Waals surface area contributed by atoms with Gasteiger partial charge in [0.05, 0.1) is 21.7 Å². The molecule has 29 heavy (non-hydrogen) atoms. The summed E-state index contributed by atoms with van der Waals surface area (Å²) in [6.45, 7) is 0. The molecule has 8 nitrogen and oxygen atoms in total. The van der Waals surface area contributed by atoms with Gasteiger partial charge in [-0.15, -0.1) is 0 Å². The van der Waals surface area contributed by atoms with Gasteiger partial charge in [0, 0.05) is 11.1 Å². The molecule has 0 aliphatic carbocycles. The molecule has 0 bridgehead atoms. The Morgan fingerprint density at radius 1 is 1.00 bits per heavy atom. The summed E-state index contributed by atoms with van der Waals surface area (Å²) in [7, 11) is -4.05. The van der Waals surface area contributed by atoms with Crippen molar-refractivity contribution >= 4 is 44.9 Å². The fraction of sp³-hybridized carbons (Fsp3) is 0. The molecule has 0 aliphatic rings. The molecule has 0 spiro atoms. The molecule has 3 aromatic rings. The first-order chi connectivity index (χ1) is 13.8. The number of nitrogens with zero attached hydrogens (tertiary/aromatic N) is 2. The molecular weight excluding hydrogens is 416 g/mol. The Balaban J connectivity index is 1.85. The van der Waals surface area contributed by atoms with Gasteiger partial charge >= 0.3 is 0 Å². The van der Waals surface area contributed by atoms with E-state index in [1.54, 1.807) is 12.1 Å². The summed E-state index contributed by atoms with van der Waals surface area (Å²) < 4.78 is 27.5. The van der Waals surface area contributed by atoms with E-state index in [0.717, 1.165) is 11.6 Å². The zero-order chi connectivity index (χ0) is 20.9. The van der Waals surface area contributed by atoms with E-state index in [4.69, 9.17) is 11.6 Å². The highest BCUT2D eigenvalue weighted by Crippen LogP contribution is 2.29. The van der Waals surface area contributed by atoms with Gasteiger partial charge in [-0.3, -0.25) is 20.3 Å². The fourth-order valence-electron chi connectivity index (χ4n) is 2.41. The van der Waals surface area contributed by atoms with E-state index in [-0.39, 0.29) is 16.3 Å². The van der Waals surface area contributed by atoms with Crippen molar-refractivity contribution < 1.29 is 13.3 Å². The topological polar surface area (TPSA) is 114 Å². The Bertz CT molecular complexity index is 1170. The molecule has 3 rings (SSSR count). The summed E-state index contributed by atoms with van der Waals surface area (Å²) in [6, 6.07) is 18.8. The first kappa shape index (κ1) is 20.3. The van der Waals surface area contributed by atoms with Crippen LogP contribution in [0.15, 0.2) is 82.8 Å². The normalized spacial score (nSPS) is 11.3. The second-order valence-electron chi connectivity index (χ2n) is 5.83. The lowest BCUT2D eigenvalue weighted by molar-refractivity contribution is -0.384. The molecule has 0 saturated carbocycles. The van der Waals surface area contributed by atoms with Gasteiger partial charge in [0.2, 0.25) is 0 Å². The third kappa shape index (κ3) is 5.31. The van der Waals surface area contributed by atoms with E-state index < -0.39 is 20.6 Å². The third-order valence-corrected chi connectivity index (χ3v) is 5.37. The number of halogens is 1. The van der Waals surface area contributed by atoms with E-state index in [2.05, 4.69) is 15.2 Å². The monoisotopic (exact) mass is 430 g/mol. The van der Waals surface area contributed by atoms with Gasteiger partial charge in [-0.05, 0) is 35.9 Å². The average Bonchev–Trinajstić information content (AvgIpc) is 2.68. The molecule has 148 valence electrons. The van der Waals surface area contributed by atoms with Crippen molar-refractivity contribution in [3.8, 4) is 0 Å². The standard InChI is InChI=1S/C19H15ClN4O4S/c20-15-7-4-8-16(11-15)23-29(27,28)17-9-10-18(19(12-17)24(25)26)22-21-13-14-5-2-1-3-6-14/h1-13,22-23H/b21-13+. The lowest BCUT2D eigenvalue weighted by Crippen LogP contribution is -2.13. The second kappa shape index (κ2) is 8.72. The fourth-order valence-corrected chi connectivity index (χ4v) is 3.67. The van der Waals surface area contributed by atoms with Crippen LogP contribution < -0.4 is 10.1 Å². The molecule has 0 atom stereocenters. The van der Waals surface area contributed by atoms with Gasteiger partial charge in [0.15, 0.2) is 0 Å². The zero-order valence-electron chi connectivity index (χ0n) is 14.8. The van der Waals surface area contributed by atoms with Crippen LogP contribution in [0.1, 0.15) is 5.56 Å². The number of nitro groups is 1. The van der Waals surface area contributed by atoms with E-state index >= 15 is 0 Å². The summed E-state index contributed by atoms with van der Waals surface area (Å²) in [6.07, 6.45) is 1.50. The van der Waals surface area contributed by atoms with Crippen molar-refractivity contribution in [3.63, 3.8) is 0 Å². The maximum Gasteiger partial charge on any atom is 0.295 e. The smallest absolute Gasteiger partial charge is 0.280 e. The molecule has 0 aliphatic heterocycles.